The summed E-state index contributed by atoms with van der Waals surface area (Å²) < 4.78 is 6.21. The van der Waals surface area contributed by atoms with Crippen LogP contribution in [0, 0.1) is 5.92 Å². The molecule has 0 aliphatic carbocycles. The van der Waals surface area contributed by atoms with E-state index in [4.69, 9.17) is 4.74 Å². The molecule has 150 valence electrons. The van der Waals surface area contributed by atoms with Crippen molar-refractivity contribution in [2.24, 2.45) is 13.0 Å². The van der Waals surface area contributed by atoms with Gasteiger partial charge >= 0.3 is 5.97 Å². The van der Waals surface area contributed by atoms with E-state index in [2.05, 4.69) is 20.3 Å². The zero-order valence-electron chi connectivity index (χ0n) is 15.9. The third kappa shape index (κ3) is 4.94. The predicted molar refractivity (Wildman–Crippen MR) is 105 cm³/mol. The van der Waals surface area contributed by atoms with E-state index < -0.39 is 0 Å². The van der Waals surface area contributed by atoms with Crippen LogP contribution >= 0.6 is 11.3 Å². The van der Waals surface area contributed by atoms with E-state index in [1.54, 1.807) is 25.4 Å². The van der Waals surface area contributed by atoms with Gasteiger partial charge in [0.15, 0.2) is 5.13 Å². The van der Waals surface area contributed by atoms with Gasteiger partial charge in [0.25, 0.3) is 5.56 Å². The highest BCUT2D eigenvalue weighted by Crippen LogP contribution is 2.24. The van der Waals surface area contributed by atoms with Gasteiger partial charge in [0, 0.05) is 37.5 Å². The normalized spacial score (nSPS) is 14.7. The van der Waals surface area contributed by atoms with Crippen molar-refractivity contribution in [3.63, 3.8) is 0 Å². The van der Waals surface area contributed by atoms with Gasteiger partial charge in [-0.2, -0.15) is 5.10 Å². The Labute approximate surface area is 166 Å². The molecular formula is C18H23N5O4S. The van der Waals surface area contributed by atoms with Crippen molar-refractivity contribution in [1.29, 1.82) is 0 Å². The number of thiazole rings is 1. The largest absolute Gasteiger partial charge is 0.466 e. The molecule has 1 fully saturated rings. The number of hydrogen-bond donors (Lipinski definition) is 1. The number of piperidine rings is 1. The van der Waals surface area contributed by atoms with Crippen LogP contribution in [0.1, 0.15) is 25.5 Å². The number of nitrogens with zero attached hydrogens (tertiary/aromatic N) is 4. The first-order valence-electron chi connectivity index (χ1n) is 9.16. The van der Waals surface area contributed by atoms with Crippen LogP contribution in [-0.2, 0) is 27.8 Å². The van der Waals surface area contributed by atoms with Gasteiger partial charge in [-0.15, -0.1) is 11.3 Å². The van der Waals surface area contributed by atoms with Gasteiger partial charge in [-0.25, -0.2) is 9.67 Å². The Morgan fingerprint density at radius 1 is 1.32 bits per heavy atom. The Morgan fingerprint density at radius 3 is 2.75 bits per heavy atom. The lowest BCUT2D eigenvalue weighted by atomic mass is 9.96. The number of esters is 1. The molecule has 1 amide bonds. The second kappa shape index (κ2) is 8.96. The summed E-state index contributed by atoms with van der Waals surface area (Å²) in [5.74, 6) is 0.237. The van der Waals surface area contributed by atoms with Crippen LogP contribution in [0.3, 0.4) is 0 Å². The molecule has 1 N–H and O–H groups in total. The molecular weight excluding hydrogens is 382 g/mol. The van der Waals surface area contributed by atoms with Gasteiger partial charge in [-0.1, -0.05) is 0 Å². The number of anilines is 2. The molecule has 0 atom stereocenters. The summed E-state index contributed by atoms with van der Waals surface area (Å²) in [7, 11) is 1.62. The van der Waals surface area contributed by atoms with Crippen molar-refractivity contribution in [3.05, 3.63) is 33.6 Å². The molecule has 9 nitrogen and oxygen atoms in total. The third-order valence-electron chi connectivity index (χ3n) is 4.55. The molecule has 0 radical (unpaired) electrons. The van der Waals surface area contributed by atoms with Crippen molar-refractivity contribution in [3.8, 4) is 0 Å². The van der Waals surface area contributed by atoms with E-state index >= 15 is 0 Å². The standard InChI is InChI=1S/C18H23N5O4S/c1-3-27-16(25)10-13-11-28-18(19-13)20-17(26)12-6-8-23(9-7-12)14-4-5-15(24)22(2)21-14/h4-5,11-12H,3,6-10H2,1-2H3,(H,19,20,26). The van der Waals surface area contributed by atoms with Crippen LogP contribution in [0.2, 0.25) is 0 Å². The van der Waals surface area contributed by atoms with Crippen LogP contribution in [0.5, 0.6) is 0 Å². The monoisotopic (exact) mass is 405 g/mol. The quantitative estimate of drug-likeness (QED) is 0.720. The van der Waals surface area contributed by atoms with E-state index in [9.17, 15) is 14.4 Å². The first-order chi connectivity index (χ1) is 13.5. The Kier molecular flexibility index (Phi) is 6.40. The van der Waals surface area contributed by atoms with Crippen LogP contribution < -0.4 is 15.8 Å². The fourth-order valence-corrected chi connectivity index (χ4v) is 3.76. The third-order valence-corrected chi connectivity index (χ3v) is 5.36. The molecule has 2 aromatic heterocycles. The Balaban J connectivity index is 1.51. The van der Waals surface area contributed by atoms with Crippen molar-refractivity contribution in [1.82, 2.24) is 14.8 Å². The minimum atomic E-state index is -0.329. The summed E-state index contributed by atoms with van der Waals surface area (Å²) in [6.07, 6.45) is 1.49. The first-order valence-corrected chi connectivity index (χ1v) is 10.0. The molecule has 0 saturated carbocycles. The number of hydrogen-bond acceptors (Lipinski definition) is 8. The van der Waals surface area contributed by atoms with Crippen molar-refractivity contribution in [2.75, 3.05) is 29.9 Å². The summed E-state index contributed by atoms with van der Waals surface area (Å²) in [4.78, 5) is 41.8. The summed E-state index contributed by atoms with van der Waals surface area (Å²) in [5.41, 5.74) is 0.443. The number of aryl methyl sites for hydroxylation is 1. The maximum Gasteiger partial charge on any atom is 0.311 e. The lowest BCUT2D eigenvalue weighted by Crippen LogP contribution is -2.39. The van der Waals surface area contributed by atoms with Gasteiger partial charge in [0.05, 0.1) is 18.7 Å². The molecule has 1 saturated heterocycles. The minimum absolute atomic E-state index is 0.0647. The van der Waals surface area contributed by atoms with Crippen molar-refractivity contribution >= 4 is 34.2 Å². The zero-order chi connectivity index (χ0) is 20.1. The highest BCUT2D eigenvalue weighted by Gasteiger charge is 2.26. The number of aromatic nitrogens is 3. The molecule has 0 aromatic carbocycles. The number of ether oxygens (including phenoxy) is 1. The zero-order valence-corrected chi connectivity index (χ0v) is 16.7. The Bertz CT molecular complexity index is 901. The molecule has 1 aliphatic rings. The molecule has 0 bridgehead atoms. The second-order valence-corrected chi connectivity index (χ2v) is 7.39. The molecule has 1 aliphatic heterocycles. The van der Waals surface area contributed by atoms with Crippen LogP contribution in [0.25, 0.3) is 0 Å². The number of nitrogens with one attached hydrogen (secondary N) is 1. The maximum absolute atomic E-state index is 12.5. The Hall–Kier alpha value is -2.75. The predicted octanol–water partition coefficient (Wildman–Crippen LogP) is 1.20. The van der Waals surface area contributed by atoms with Crippen molar-refractivity contribution in [2.45, 2.75) is 26.2 Å². The SMILES string of the molecule is CCOC(=O)Cc1csc(NC(=O)C2CCN(c3ccc(=O)n(C)n3)CC2)n1. The number of carbonyl (C=O) groups excluding carboxylic acids is 2. The van der Waals surface area contributed by atoms with Gasteiger partial charge in [-0.05, 0) is 25.8 Å². The molecule has 10 heteroatoms. The number of amides is 1. The van der Waals surface area contributed by atoms with Crippen molar-refractivity contribution < 1.29 is 14.3 Å². The van der Waals surface area contributed by atoms with Gasteiger partial charge in [-0.3, -0.25) is 14.4 Å². The van der Waals surface area contributed by atoms with E-state index in [-0.39, 0.29) is 29.8 Å². The van der Waals surface area contributed by atoms with E-state index in [0.717, 1.165) is 5.82 Å². The average Bonchev–Trinajstić information content (AvgIpc) is 3.11. The molecule has 0 spiro atoms. The van der Waals surface area contributed by atoms with Crippen LogP contribution in [0.4, 0.5) is 10.9 Å². The van der Waals surface area contributed by atoms with Crippen LogP contribution in [-0.4, -0.2) is 46.3 Å². The highest BCUT2D eigenvalue weighted by atomic mass is 32.1. The smallest absolute Gasteiger partial charge is 0.311 e. The fourth-order valence-electron chi connectivity index (χ4n) is 3.04. The average molecular weight is 405 g/mol. The topological polar surface area (TPSA) is 106 Å². The maximum atomic E-state index is 12.5. The number of rotatable bonds is 6. The lowest BCUT2D eigenvalue weighted by molar-refractivity contribution is -0.142. The van der Waals surface area contributed by atoms with Gasteiger partial charge < -0.3 is 15.0 Å². The van der Waals surface area contributed by atoms with E-state index in [1.165, 1.54) is 22.1 Å². The molecule has 28 heavy (non-hydrogen) atoms. The highest BCUT2D eigenvalue weighted by molar-refractivity contribution is 7.13. The van der Waals surface area contributed by atoms with Crippen LogP contribution in [0.15, 0.2) is 22.3 Å². The summed E-state index contributed by atoms with van der Waals surface area (Å²) in [6, 6.07) is 3.21. The summed E-state index contributed by atoms with van der Waals surface area (Å²) in [5, 5.41) is 9.34. The first kappa shape index (κ1) is 20.0. The fraction of sp³-hybridized carbons (Fsp3) is 0.500. The minimum Gasteiger partial charge on any atom is -0.466 e. The summed E-state index contributed by atoms with van der Waals surface area (Å²) in [6.45, 7) is 3.47. The van der Waals surface area contributed by atoms with E-state index in [0.29, 0.717) is 43.4 Å². The molecule has 3 heterocycles. The molecule has 2 aromatic rings. The van der Waals surface area contributed by atoms with Gasteiger partial charge in [0.2, 0.25) is 5.91 Å². The van der Waals surface area contributed by atoms with E-state index in [1.807, 2.05) is 0 Å². The Morgan fingerprint density at radius 2 is 2.07 bits per heavy atom. The number of carbonyl (C=O) groups is 2. The lowest BCUT2D eigenvalue weighted by Gasteiger charge is -2.31. The molecule has 3 rings (SSSR count). The molecule has 0 unspecified atom stereocenters. The second-order valence-electron chi connectivity index (χ2n) is 6.53. The summed E-state index contributed by atoms with van der Waals surface area (Å²) >= 11 is 1.30. The van der Waals surface area contributed by atoms with Gasteiger partial charge in [0.1, 0.15) is 5.82 Å².